The van der Waals surface area contributed by atoms with Gasteiger partial charge in [0.2, 0.25) is 17.8 Å². The van der Waals surface area contributed by atoms with Crippen LogP contribution in [-0.2, 0) is 0 Å². The molecule has 0 aliphatic heterocycles. The van der Waals surface area contributed by atoms with E-state index in [0.717, 1.165) is 67.5 Å². The number of hydrogen-bond acceptors (Lipinski definition) is 6. The number of aryl methyl sites for hydroxylation is 6. The van der Waals surface area contributed by atoms with Gasteiger partial charge >= 0.3 is 0 Å². The molecule has 0 spiro atoms. The molecule has 51 heavy (non-hydrogen) atoms. The van der Waals surface area contributed by atoms with Gasteiger partial charge in [0.05, 0.1) is 34.1 Å². The summed E-state index contributed by atoms with van der Waals surface area (Å²) in [6, 6.07) is 50.3. The Morgan fingerprint density at radius 1 is 0.255 bits per heavy atom. The van der Waals surface area contributed by atoms with Crippen molar-refractivity contribution in [1.29, 1.82) is 0 Å². The van der Waals surface area contributed by atoms with Crippen molar-refractivity contribution >= 4 is 52.0 Å². The minimum atomic E-state index is 0.512. The summed E-state index contributed by atoms with van der Waals surface area (Å²) in [5.41, 5.74) is 12.6. The smallest absolute Gasteiger partial charge is 0.241 e. The molecule has 1 aromatic heterocycles. The second-order valence-corrected chi connectivity index (χ2v) is 13.0. The molecule has 0 saturated carbocycles. The van der Waals surface area contributed by atoms with E-state index in [1.165, 1.54) is 0 Å². The topological polar surface area (TPSA) is 48.4 Å². The molecule has 252 valence electrons. The first kappa shape index (κ1) is 33.2. The first-order valence-corrected chi connectivity index (χ1v) is 17.3. The van der Waals surface area contributed by atoms with Crippen molar-refractivity contribution in [2.75, 3.05) is 14.7 Å². The molecule has 7 rings (SSSR count). The van der Waals surface area contributed by atoms with E-state index >= 15 is 0 Å². The van der Waals surface area contributed by atoms with Crippen LogP contribution >= 0.6 is 0 Å². The first-order chi connectivity index (χ1) is 24.8. The van der Waals surface area contributed by atoms with E-state index in [0.29, 0.717) is 17.8 Å². The monoisotopic (exact) mass is 666 g/mol. The molecule has 0 fully saturated rings. The van der Waals surface area contributed by atoms with E-state index in [4.69, 9.17) is 15.0 Å². The molecule has 0 bridgehead atoms. The summed E-state index contributed by atoms with van der Waals surface area (Å²) in [6.45, 7) is 12.8. The molecule has 1 heterocycles. The number of rotatable bonds is 9. The molecule has 0 N–H and O–H groups in total. The predicted molar refractivity (Wildman–Crippen MR) is 212 cm³/mol. The SMILES string of the molecule is Cc1ccccc1N(c1nc(N(c2ccccc2C)c2ccccc2C)nc(N(c2ccccc2C)c2ccccc2C)n1)c1ccccc1C. The summed E-state index contributed by atoms with van der Waals surface area (Å²) in [5, 5.41) is 0. The molecule has 0 saturated heterocycles. The van der Waals surface area contributed by atoms with E-state index in [2.05, 4.69) is 202 Å². The number of nitrogens with zero attached hydrogens (tertiary/aromatic N) is 6. The summed E-state index contributed by atoms with van der Waals surface area (Å²) < 4.78 is 0. The van der Waals surface area contributed by atoms with Crippen LogP contribution in [-0.4, -0.2) is 15.0 Å². The van der Waals surface area contributed by atoms with Crippen molar-refractivity contribution < 1.29 is 0 Å². The third-order valence-corrected chi connectivity index (χ3v) is 9.34. The van der Waals surface area contributed by atoms with Gasteiger partial charge in [0.25, 0.3) is 0 Å². The molecular weight excluding hydrogens is 625 g/mol. The van der Waals surface area contributed by atoms with Gasteiger partial charge in [-0.3, -0.25) is 14.7 Å². The lowest BCUT2D eigenvalue weighted by Crippen LogP contribution is -2.24. The van der Waals surface area contributed by atoms with E-state index < -0.39 is 0 Å². The maximum Gasteiger partial charge on any atom is 0.241 e. The van der Waals surface area contributed by atoms with Crippen molar-refractivity contribution in [3.05, 3.63) is 179 Å². The van der Waals surface area contributed by atoms with Crippen molar-refractivity contribution in [2.45, 2.75) is 41.5 Å². The van der Waals surface area contributed by atoms with Crippen molar-refractivity contribution in [2.24, 2.45) is 0 Å². The Morgan fingerprint density at radius 3 is 0.569 bits per heavy atom. The molecule has 0 amide bonds. The summed E-state index contributed by atoms with van der Waals surface area (Å²) in [7, 11) is 0. The molecule has 0 radical (unpaired) electrons. The van der Waals surface area contributed by atoms with Crippen LogP contribution in [0.1, 0.15) is 33.4 Å². The Hall–Kier alpha value is -6.27. The standard InChI is InChI=1S/C45H42N6/c1-31-19-7-13-25-37(31)49(38-26-14-8-20-32(38)2)43-46-44(50(39-27-15-9-21-33(39)3)40-28-16-10-22-34(40)4)48-45(47-43)51(41-29-17-11-23-35(41)5)42-30-18-12-24-36(42)6/h7-30H,1-6H3. The van der Waals surface area contributed by atoms with Crippen LogP contribution in [0.4, 0.5) is 52.0 Å². The van der Waals surface area contributed by atoms with Crippen molar-refractivity contribution in [1.82, 2.24) is 15.0 Å². The van der Waals surface area contributed by atoms with Crippen LogP contribution in [0.25, 0.3) is 0 Å². The summed E-state index contributed by atoms with van der Waals surface area (Å²) in [4.78, 5) is 22.8. The van der Waals surface area contributed by atoms with Crippen LogP contribution in [0.5, 0.6) is 0 Å². The van der Waals surface area contributed by atoms with Crippen LogP contribution < -0.4 is 14.7 Å². The second kappa shape index (κ2) is 14.3. The highest BCUT2D eigenvalue weighted by atomic mass is 15.4. The molecular formula is C45H42N6. The fourth-order valence-corrected chi connectivity index (χ4v) is 6.56. The molecule has 0 unspecified atom stereocenters. The van der Waals surface area contributed by atoms with E-state index in [1.54, 1.807) is 0 Å². The largest absolute Gasteiger partial charge is 0.278 e. The summed E-state index contributed by atoms with van der Waals surface area (Å²) >= 11 is 0. The van der Waals surface area contributed by atoms with Crippen LogP contribution in [0, 0.1) is 41.5 Å². The van der Waals surface area contributed by atoms with Crippen LogP contribution in [0.2, 0.25) is 0 Å². The highest BCUT2D eigenvalue weighted by Gasteiger charge is 2.28. The van der Waals surface area contributed by atoms with Crippen molar-refractivity contribution in [3.63, 3.8) is 0 Å². The van der Waals surface area contributed by atoms with Gasteiger partial charge in [0, 0.05) is 0 Å². The van der Waals surface area contributed by atoms with Gasteiger partial charge in [0.1, 0.15) is 0 Å². The fourth-order valence-electron chi connectivity index (χ4n) is 6.56. The zero-order valence-corrected chi connectivity index (χ0v) is 30.0. The van der Waals surface area contributed by atoms with Gasteiger partial charge in [-0.05, 0) is 111 Å². The summed E-state index contributed by atoms with van der Waals surface area (Å²) in [6.07, 6.45) is 0. The second-order valence-electron chi connectivity index (χ2n) is 13.0. The van der Waals surface area contributed by atoms with E-state index in [1.807, 2.05) is 0 Å². The normalized spacial score (nSPS) is 10.9. The minimum absolute atomic E-state index is 0.512. The first-order valence-electron chi connectivity index (χ1n) is 17.3. The van der Waals surface area contributed by atoms with Gasteiger partial charge in [0.15, 0.2) is 0 Å². The number of hydrogen-bond donors (Lipinski definition) is 0. The lowest BCUT2D eigenvalue weighted by molar-refractivity contribution is 0.953. The highest BCUT2D eigenvalue weighted by molar-refractivity contribution is 5.83. The Morgan fingerprint density at radius 2 is 0.412 bits per heavy atom. The third-order valence-electron chi connectivity index (χ3n) is 9.34. The molecule has 0 aliphatic rings. The van der Waals surface area contributed by atoms with Gasteiger partial charge in [-0.15, -0.1) is 0 Å². The molecule has 6 aromatic carbocycles. The maximum atomic E-state index is 5.42. The van der Waals surface area contributed by atoms with Gasteiger partial charge in [-0.25, -0.2) is 0 Å². The molecule has 6 nitrogen and oxygen atoms in total. The molecule has 0 aliphatic carbocycles. The average Bonchev–Trinajstić information content (AvgIpc) is 3.13. The zero-order chi connectivity index (χ0) is 35.5. The lowest BCUT2D eigenvalue weighted by atomic mass is 10.1. The number of anilines is 9. The summed E-state index contributed by atoms with van der Waals surface area (Å²) in [5.74, 6) is 1.54. The number of para-hydroxylation sites is 6. The van der Waals surface area contributed by atoms with Gasteiger partial charge < -0.3 is 0 Å². The molecule has 6 heteroatoms. The van der Waals surface area contributed by atoms with Crippen LogP contribution in [0.15, 0.2) is 146 Å². The third kappa shape index (κ3) is 6.56. The average molecular weight is 667 g/mol. The highest BCUT2D eigenvalue weighted by Crippen LogP contribution is 2.43. The fraction of sp³-hybridized carbons (Fsp3) is 0.133. The predicted octanol–water partition coefficient (Wildman–Crippen LogP) is 12.1. The number of aromatic nitrogens is 3. The number of benzene rings is 6. The van der Waals surface area contributed by atoms with Crippen molar-refractivity contribution in [3.8, 4) is 0 Å². The van der Waals surface area contributed by atoms with Gasteiger partial charge in [-0.2, -0.15) is 15.0 Å². The Kier molecular flexibility index (Phi) is 9.32. The van der Waals surface area contributed by atoms with Crippen LogP contribution in [0.3, 0.4) is 0 Å². The molecule has 0 atom stereocenters. The van der Waals surface area contributed by atoms with E-state index in [9.17, 15) is 0 Å². The quantitative estimate of drug-likeness (QED) is 0.153. The van der Waals surface area contributed by atoms with E-state index in [-0.39, 0.29) is 0 Å². The zero-order valence-electron chi connectivity index (χ0n) is 30.0. The Balaban J connectivity index is 1.61. The van der Waals surface area contributed by atoms with Gasteiger partial charge in [-0.1, -0.05) is 109 Å². The lowest BCUT2D eigenvalue weighted by Gasteiger charge is -2.32. The molecule has 7 aromatic rings. The minimum Gasteiger partial charge on any atom is -0.278 e. The maximum absolute atomic E-state index is 5.42. The Bertz CT molecular complexity index is 1920. The Labute approximate surface area is 301 Å².